The predicted octanol–water partition coefficient (Wildman–Crippen LogP) is 8.80. The van der Waals surface area contributed by atoms with E-state index in [1.165, 1.54) is 89.9 Å². The van der Waals surface area contributed by atoms with Gasteiger partial charge in [-0.15, -0.1) is 0 Å². The standard InChI is InChI=1S/C28H54N2O/c1-6-10-12-16-25(30-31)17-14-15-23-18-20-28(29-24(8-3)9-4)22-27(5,21-26(23)28)19-13-11-7-2/h23-26,29H,6-22H2,1-5H3/t23?,25?,26-,27-,28-/m1/s1. The molecular weight excluding hydrogens is 380 g/mol. The Hall–Kier alpha value is -0.440. The molecule has 3 heteroatoms. The Balaban J connectivity index is 1.98. The van der Waals surface area contributed by atoms with Gasteiger partial charge in [-0.25, -0.2) is 0 Å². The molecule has 0 aromatic rings. The van der Waals surface area contributed by atoms with E-state index < -0.39 is 0 Å². The van der Waals surface area contributed by atoms with Crippen LogP contribution in [0.15, 0.2) is 5.18 Å². The zero-order valence-electron chi connectivity index (χ0n) is 21.7. The summed E-state index contributed by atoms with van der Waals surface area (Å²) in [7, 11) is 0. The molecule has 0 spiro atoms. The number of hydrogen-bond donors (Lipinski definition) is 1. The van der Waals surface area contributed by atoms with Gasteiger partial charge in [0.05, 0.1) is 6.04 Å². The van der Waals surface area contributed by atoms with Gasteiger partial charge in [0.25, 0.3) is 0 Å². The maximum Gasteiger partial charge on any atom is 0.0919 e. The van der Waals surface area contributed by atoms with Gasteiger partial charge in [-0.3, -0.25) is 0 Å². The van der Waals surface area contributed by atoms with Crippen molar-refractivity contribution in [2.24, 2.45) is 22.4 Å². The maximum atomic E-state index is 11.3. The van der Waals surface area contributed by atoms with Crippen molar-refractivity contribution in [1.82, 2.24) is 5.32 Å². The van der Waals surface area contributed by atoms with Gasteiger partial charge in [-0.1, -0.05) is 91.2 Å². The van der Waals surface area contributed by atoms with Crippen molar-refractivity contribution >= 4 is 0 Å². The summed E-state index contributed by atoms with van der Waals surface area (Å²) in [6.45, 7) is 11.8. The molecule has 0 bridgehead atoms. The summed E-state index contributed by atoms with van der Waals surface area (Å²) < 4.78 is 0. The second kappa shape index (κ2) is 13.3. The molecule has 182 valence electrons. The van der Waals surface area contributed by atoms with Gasteiger partial charge in [0.15, 0.2) is 0 Å². The maximum absolute atomic E-state index is 11.3. The van der Waals surface area contributed by atoms with Crippen molar-refractivity contribution < 1.29 is 0 Å². The van der Waals surface area contributed by atoms with Crippen LogP contribution in [0.5, 0.6) is 0 Å². The van der Waals surface area contributed by atoms with Crippen molar-refractivity contribution in [1.29, 1.82) is 0 Å². The first-order valence-corrected chi connectivity index (χ1v) is 14.1. The lowest BCUT2D eigenvalue weighted by Crippen LogP contribution is -2.51. The van der Waals surface area contributed by atoms with Crippen molar-refractivity contribution in [2.75, 3.05) is 0 Å². The topological polar surface area (TPSA) is 41.5 Å². The molecule has 0 heterocycles. The minimum absolute atomic E-state index is 0.0586. The Morgan fingerprint density at radius 1 is 0.968 bits per heavy atom. The first-order valence-electron chi connectivity index (χ1n) is 14.1. The number of nitrogens with zero attached hydrogens (tertiary/aromatic N) is 1. The van der Waals surface area contributed by atoms with Crippen molar-refractivity contribution in [3.8, 4) is 0 Å². The largest absolute Gasteiger partial charge is 0.308 e. The van der Waals surface area contributed by atoms with Crippen LogP contribution in [0.2, 0.25) is 0 Å². The monoisotopic (exact) mass is 434 g/mol. The van der Waals surface area contributed by atoms with Crippen LogP contribution in [-0.4, -0.2) is 17.6 Å². The first kappa shape index (κ1) is 26.8. The SMILES string of the molecule is CCCCCC(CCCC1CC[C@@]2(NC(CC)CC)C[C@](C)(CCCCC)C[C@H]12)N=O. The lowest BCUT2D eigenvalue weighted by atomic mass is 9.79. The van der Waals surface area contributed by atoms with E-state index in [2.05, 4.69) is 45.1 Å². The van der Waals surface area contributed by atoms with Crippen molar-refractivity contribution in [2.45, 2.75) is 161 Å². The smallest absolute Gasteiger partial charge is 0.0919 e. The highest BCUT2D eigenvalue weighted by molar-refractivity contribution is 5.13. The van der Waals surface area contributed by atoms with Crippen LogP contribution in [0.3, 0.4) is 0 Å². The fraction of sp³-hybridized carbons (Fsp3) is 1.00. The summed E-state index contributed by atoms with van der Waals surface area (Å²) in [6, 6.07) is 0.727. The van der Waals surface area contributed by atoms with Crippen LogP contribution in [-0.2, 0) is 0 Å². The second-order valence-corrected chi connectivity index (χ2v) is 11.6. The summed E-state index contributed by atoms with van der Waals surface area (Å²) in [6.07, 6.45) is 21.7. The van der Waals surface area contributed by atoms with E-state index in [9.17, 15) is 4.91 Å². The number of hydrogen-bond acceptors (Lipinski definition) is 3. The number of rotatable bonds is 17. The molecule has 0 aliphatic heterocycles. The Morgan fingerprint density at radius 3 is 2.29 bits per heavy atom. The van der Waals surface area contributed by atoms with E-state index in [0.717, 1.165) is 31.1 Å². The van der Waals surface area contributed by atoms with Crippen LogP contribution in [0.4, 0.5) is 0 Å². The van der Waals surface area contributed by atoms with E-state index in [1.54, 1.807) is 0 Å². The zero-order chi connectivity index (χ0) is 22.7. The lowest BCUT2D eigenvalue weighted by molar-refractivity contribution is 0.208. The summed E-state index contributed by atoms with van der Waals surface area (Å²) >= 11 is 0. The average molecular weight is 435 g/mol. The summed E-state index contributed by atoms with van der Waals surface area (Å²) in [5, 5.41) is 7.71. The van der Waals surface area contributed by atoms with Gasteiger partial charge in [-0.05, 0) is 75.0 Å². The summed E-state index contributed by atoms with van der Waals surface area (Å²) in [5.74, 6) is 1.68. The van der Waals surface area contributed by atoms with Crippen LogP contribution < -0.4 is 5.32 Å². The molecule has 2 aliphatic rings. The van der Waals surface area contributed by atoms with Gasteiger partial charge >= 0.3 is 0 Å². The second-order valence-electron chi connectivity index (χ2n) is 11.6. The third-order valence-corrected chi connectivity index (χ3v) is 8.96. The molecule has 5 atom stereocenters. The third-order valence-electron chi connectivity index (χ3n) is 8.96. The van der Waals surface area contributed by atoms with E-state index >= 15 is 0 Å². The molecule has 0 aromatic carbocycles. The third kappa shape index (κ3) is 7.54. The minimum Gasteiger partial charge on any atom is -0.308 e. The Bertz CT molecular complexity index is 505. The molecule has 2 saturated carbocycles. The van der Waals surface area contributed by atoms with Crippen LogP contribution >= 0.6 is 0 Å². The Morgan fingerprint density at radius 2 is 1.65 bits per heavy atom. The van der Waals surface area contributed by atoms with Crippen molar-refractivity contribution in [3.63, 3.8) is 0 Å². The Labute approximate surface area is 194 Å². The van der Waals surface area contributed by atoms with Crippen LogP contribution in [0.1, 0.15) is 144 Å². The van der Waals surface area contributed by atoms with Gasteiger partial charge in [0.2, 0.25) is 0 Å². The van der Waals surface area contributed by atoms with Gasteiger partial charge < -0.3 is 5.32 Å². The van der Waals surface area contributed by atoms with E-state index in [4.69, 9.17) is 0 Å². The van der Waals surface area contributed by atoms with E-state index in [-0.39, 0.29) is 6.04 Å². The molecule has 0 amide bonds. The predicted molar refractivity (Wildman–Crippen MR) is 136 cm³/mol. The molecule has 31 heavy (non-hydrogen) atoms. The molecule has 0 aromatic heterocycles. The van der Waals surface area contributed by atoms with Gasteiger partial charge in [0, 0.05) is 11.6 Å². The molecule has 2 aliphatic carbocycles. The van der Waals surface area contributed by atoms with Crippen molar-refractivity contribution in [3.05, 3.63) is 4.91 Å². The average Bonchev–Trinajstić information content (AvgIpc) is 3.22. The molecule has 0 radical (unpaired) electrons. The summed E-state index contributed by atoms with van der Waals surface area (Å²) in [4.78, 5) is 11.3. The number of nitrogens with one attached hydrogen (secondary N) is 1. The zero-order valence-corrected chi connectivity index (χ0v) is 21.7. The van der Waals surface area contributed by atoms with E-state index in [0.29, 0.717) is 17.0 Å². The molecule has 2 rings (SSSR count). The molecule has 1 N–H and O–H groups in total. The van der Waals surface area contributed by atoms with Gasteiger partial charge in [-0.2, -0.15) is 4.91 Å². The van der Waals surface area contributed by atoms with Gasteiger partial charge in [0.1, 0.15) is 0 Å². The highest BCUT2D eigenvalue weighted by Gasteiger charge is 2.57. The highest BCUT2D eigenvalue weighted by Crippen LogP contribution is 2.60. The molecule has 0 saturated heterocycles. The minimum atomic E-state index is 0.0586. The number of unbranched alkanes of at least 4 members (excludes halogenated alkanes) is 4. The number of fused-ring (bicyclic) bond motifs is 1. The summed E-state index contributed by atoms with van der Waals surface area (Å²) in [5.41, 5.74) is 0.899. The Kier molecular flexibility index (Phi) is 11.5. The molecular formula is C28H54N2O. The van der Waals surface area contributed by atoms with Crippen LogP contribution in [0, 0.1) is 22.2 Å². The highest BCUT2D eigenvalue weighted by atomic mass is 16.3. The molecule has 2 unspecified atom stereocenters. The fourth-order valence-corrected chi connectivity index (χ4v) is 7.19. The van der Waals surface area contributed by atoms with Crippen LogP contribution in [0.25, 0.3) is 0 Å². The molecule has 3 nitrogen and oxygen atoms in total. The normalized spacial score (nSPS) is 31.3. The lowest BCUT2D eigenvalue weighted by Gasteiger charge is -2.37. The quantitative estimate of drug-likeness (QED) is 0.183. The van der Waals surface area contributed by atoms with E-state index in [1.807, 2.05) is 0 Å². The number of nitroso groups, excluding NO2 is 1. The first-order chi connectivity index (χ1) is 15.0. The molecule has 2 fully saturated rings. The fourth-order valence-electron chi connectivity index (χ4n) is 7.19.